The summed E-state index contributed by atoms with van der Waals surface area (Å²) in [5.74, 6) is 0.0600. The van der Waals surface area contributed by atoms with Crippen LogP contribution in [0.15, 0.2) is 80.8 Å². The normalized spacial score (nSPS) is 11.5. The van der Waals surface area contributed by atoms with Crippen molar-refractivity contribution in [2.24, 2.45) is 0 Å². The monoisotopic (exact) mass is 476 g/mol. The van der Waals surface area contributed by atoms with Crippen molar-refractivity contribution in [1.82, 2.24) is 0 Å². The largest absolute Gasteiger partial charge is 0.497 e. The number of fused-ring (bicyclic) bond motifs is 1. The van der Waals surface area contributed by atoms with Crippen molar-refractivity contribution in [3.05, 3.63) is 87.0 Å². The molecule has 0 aliphatic rings. The molecule has 0 unspecified atom stereocenters. The highest BCUT2D eigenvalue weighted by Crippen LogP contribution is 2.34. The zero-order valence-electron chi connectivity index (χ0n) is 16.0. The Bertz CT molecular complexity index is 1440. The minimum Gasteiger partial charge on any atom is -0.497 e. The highest BCUT2D eigenvalue weighted by molar-refractivity contribution is 7.87. The predicted molar refractivity (Wildman–Crippen MR) is 119 cm³/mol. The molecule has 3 aromatic carbocycles. The summed E-state index contributed by atoms with van der Waals surface area (Å²) in [6, 6.07) is 16.9. The molecule has 31 heavy (non-hydrogen) atoms. The molecule has 0 radical (unpaired) electrons. The third-order valence-corrected chi connectivity index (χ3v) is 6.41. The number of benzene rings is 3. The summed E-state index contributed by atoms with van der Waals surface area (Å²) in [4.78, 5) is 12.8. The molecule has 0 N–H and O–H groups in total. The van der Waals surface area contributed by atoms with Crippen molar-refractivity contribution in [2.75, 3.05) is 7.11 Å². The van der Waals surface area contributed by atoms with Crippen LogP contribution >= 0.6 is 23.2 Å². The van der Waals surface area contributed by atoms with Crippen molar-refractivity contribution in [2.45, 2.75) is 4.90 Å². The van der Waals surface area contributed by atoms with Gasteiger partial charge in [-0.15, -0.1) is 0 Å². The molecule has 1 aromatic heterocycles. The van der Waals surface area contributed by atoms with Crippen molar-refractivity contribution in [3.8, 4) is 22.8 Å². The van der Waals surface area contributed by atoms with Crippen LogP contribution in [0.1, 0.15) is 0 Å². The van der Waals surface area contributed by atoms with Crippen LogP contribution in [0.2, 0.25) is 10.0 Å². The third-order valence-electron chi connectivity index (χ3n) is 4.46. The molecule has 158 valence electrons. The first-order valence-electron chi connectivity index (χ1n) is 8.90. The Morgan fingerprint density at radius 2 is 1.65 bits per heavy atom. The van der Waals surface area contributed by atoms with E-state index >= 15 is 0 Å². The Morgan fingerprint density at radius 3 is 2.32 bits per heavy atom. The van der Waals surface area contributed by atoms with Crippen LogP contribution in [0.25, 0.3) is 22.3 Å². The summed E-state index contributed by atoms with van der Waals surface area (Å²) in [6.45, 7) is 0. The van der Waals surface area contributed by atoms with E-state index in [1.807, 2.05) is 0 Å². The van der Waals surface area contributed by atoms with Gasteiger partial charge in [0.05, 0.1) is 17.5 Å². The molecule has 0 fully saturated rings. The van der Waals surface area contributed by atoms with Crippen LogP contribution in [0, 0.1) is 0 Å². The molecule has 0 bridgehead atoms. The summed E-state index contributed by atoms with van der Waals surface area (Å²) in [7, 11) is -2.95. The highest BCUT2D eigenvalue weighted by Gasteiger charge is 2.27. The maximum Gasteiger partial charge on any atom is 0.340 e. The van der Waals surface area contributed by atoms with Crippen LogP contribution < -0.4 is 14.3 Å². The molecule has 4 aromatic rings. The maximum absolute atomic E-state index is 13.2. The number of rotatable bonds is 5. The van der Waals surface area contributed by atoms with E-state index in [9.17, 15) is 13.2 Å². The number of halogens is 2. The van der Waals surface area contributed by atoms with Gasteiger partial charge in [-0.25, -0.2) is 0 Å². The average Bonchev–Trinajstić information content (AvgIpc) is 2.75. The molecule has 0 spiro atoms. The number of ether oxygens (including phenoxy) is 1. The predicted octanol–water partition coefficient (Wildman–Crippen LogP) is 5.54. The number of hydrogen-bond acceptors (Lipinski definition) is 6. The van der Waals surface area contributed by atoms with Gasteiger partial charge >= 0.3 is 10.1 Å². The molecule has 0 amide bonds. The zero-order chi connectivity index (χ0) is 22.2. The first-order valence-corrected chi connectivity index (χ1v) is 11.1. The van der Waals surface area contributed by atoms with Gasteiger partial charge in [0.2, 0.25) is 11.2 Å². The fourth-order valence-corrected chi connectivity index (χ4v) is 4.65. The van der Waals surface area contributed by atoms with Crippen molar-refractivity contribution in [1.29, 1.82) is 0 Å². The van der Waals surface area contributed by atoms with E-state index in [1.165, 1.54) is 31.4 Å². The van der Waals surface area contributed by atoms with Gasteiger partial charge in [-0.05, 0) is 54.6 Å². The summed E-state index contributed by atoms with van der Waals surface area (Å²) in [5.41, 5.74) is 0.0741. The topological polar surface area (TPSA) is 82.8 Å². The lowest BCUT2D eigenvalue weighted by atomic mass is 10.1. The quantitative estimate of drug-likeness (QED) is 0.351. The maximum atomic E-state index is 13.2. The summed E-state index contributed by atoms with van der Waals surface area (Å²) >= 11 is 11.9. The van der Waals surface area contributed by atoms with E-state index in [2.05, 4.69) is 0 Å². The van der Waals surface area contributed by atoms with Gasteiger partial charge in [-0.1, -0.05) is 35.3 Å². The molecular weight excluding hydrogens is 463 g/mol. The molecule has 0 saturated carbocycles. The SMILES string of the molecule is COc1ccc(-c2oc3ccccc3c(=O)c2OS(=O)(=O)c2ccc(Cl)cc2Cl)cc1. The Kier molecular flexibility index (Phi) is 5.66. The van der Waals surface area contributed by atoms with Gasteiger partial charge in [-0.3, -0.25) is 4.79 Å². The summed E-state index contributed by atoms with van der Waals surface area (Å²) < 4.78 is 42.2. The Hall–Kier alpha value is -3.00. The fourth-order valence-electron chi connectivity index (χ4n) is 2.97. The van der Waals surface area contributed by atoms with Crippen LogP contribution in [-0.2, 0) is 10.1 Å². The summed E-state index contributed by atoms with van der Waals surface area (Å²) in [6.07, 6.45) is 0. The molecule has 0 saturated heterocycles. The molecular formula is C22H14Cl2O6S. The lowest BCUT2D eigenvalue weighted by Crippen LogP contribution is -2.17. The Morgan fingerprint density at radius 1 is 0.935 bits per heavy atom. The van der Waals surface area contributed by atoms with Gasteiger partial charge in [-0.2, -0.15) is 8.42 Å². The zero-order valence-corrected chi connectivity index (χ0v) is 18.3. The number of hydrogen-bond donors (Lipinski definition) is 0. The van der Waals surface area contributed by atoms with Gasteiger partial charge < -0.3 is 13.3 Å². The molecule has 6 nitrogen and oxygen atoms in total. The Labute approximate surface area is 187 Å². The lowest BCUT2D eigenvalue weighted by Gasteiger charge is -2.13. The second-order valence-corrected chi connectivity index (χ2v) is 8.78. The first-order chi connectivity index (χ1) is 14.8. The van der Waals surface area contributed by atoms with E-state index in [4.69, 9.17) is 36.5 Å². The fraction of sp³-hybridized carbons (Fsp3) is 0.0455. The van der Waals surface area contributed by atoms with E-state index in [0.29, 0.717) is 11.3 Å². The standard InChI is InChI=1S/C22H14Cl2O6S/c1-28-15-9-6-13(7-10-15)21-22(20(25)16-4-2-3-5-18(16)29-21)30-31(26,27)19-11-8-14(23)12-17(19)24/h2-12H,1H3. The van der Waals surface area contributed by atoms with Crippen molar-refractivity contribution >= 4 is 44.3 Å². The molecule has 0 aliphatic carbocycles. The number of para-hydroxylation sites is 1. The third kappa shape index (κ3) is 4.12. The van der Waals surface area contributed by atoms with E-state index in [0.717, 1.165) is 0 Å². The first kappa shape index (κ1) is 21.2. The summed E-state index contributed by atoms with van der Waals surface area (Å²) in [5, 5.41) is 0.295. The second-order valence-electron chi connectivity index (χ2n) is 6.43. The molecule has 0 atom stereocenters. The van der Waals surface area contributed by atoms with E-state index < -0.39 is 21.3 Å². The number of methoxy groups -OCH3 is 1. The van der Waals surface area contributed by atoms with Crippen LogP contribution in [0.3, 0.4) is 0 Å². The average molecular weight is 477 g/mol. The van der Waals surface area contributed by atoms with Crippen molar-refractivity contribution in [3.63, 3.8) is 0 Å². The smallest absolute Gasteiger partial charge is 0.340 e. The van der Waals surface area contributed by atoms with Crippen molar-refractivity contribution < 1.29 is 21.8 Å². The second kappa shape index (κ2) is 8.26. The van der Waals surface area contributed by atoms with Crippen LogP contribution in [-0.4, -0.2) is 15.5 Å². The lowest BCUT2D eigenvalue weighted by molar-refractivity contribution is 0.415. The minimum absolute atomic E-state index is 0.0417. The van der Waals surface area contributed by atoms with Crippen LogP contribution in [0.4, 0.5) is 0 Å². The molecule has 9 heteroatoms. The van der Waals surface area contributed by atoms with Gasteiger partial charge in [0.25, 0.3) is 0 Å². The molecule has 4 rings (SSSR count). The minimum atomic E-state index is -4.47. The van der Waals surface area contributed by atoms with Gasteiger partial charge in [0, 0.05) is 10.6 Å². The highest BCUT2D eigenvalue weighted by atomic mass is 35.5. The van der Waals surface area contributed by atoms with E-state index in [-0.39, 0.29) is 31.7 Å². The van der Waals surface area contributed by atoms with Crippen LogP contribution in [0.5, 0.6) is 11.5 Å². The van der Waals surface area contributed by atoms with Gasteiger partial charge in [0.15, 0.2) is 5.76 Å². The molecule has 1 heterocycles. The molecule has 0 aliphatic heterocycles. The van der Waals surface area contributed by atoms with Gasteiger partial charge in [0.1, 0.15) is 16.2 Å². The Balaban J connectivity index is 1.93. The van der Waals surface area contributed by atoms with E-state index in [1.54, 1.807) is 42.5 Å².